The molecule has 0 amide bonds. The van der Waals surface area contributed by atoms with Gasteiger partial charge in [-0.15, -0.1) is 0 Å². The van der Waals surface area contributed by atoms with Crippen LogP contribution in [0.1, 0.15) is 45.2 Å². The summed E-state index contributed by atoms with van der Waals surface area (Å²) in [6.07, 6.45) is 6.16. The molecule has 2 heterocycles. The molecule has 4 rings (SSSR count). The van der Waals surface area contributed by atoms with Gasteiger partial charge in [0.15, 0.2) is 6.29 Å². The van der Waals surface area contributed by atoms with E-state index in [1.807, 2.05) is 23.6 Å². The van der Waals surface area contributed by atoms with Crippen LogP contribution in [-0.4, -0.2) is 15.7 Å². The Hall–Kier alpha value is -2.42. The Morgan fingerprint density at radius 3 is 3.00 bits per heavy atom. The lowest BCUT2D eigenvalue weighted by Crippen LogP contribution is -2.02. The molecule has 0 N–H and O–H groups in total. The average molecular weight is 290 g/mol. The minimum absolute atomic E-state index is 0.555. The highest BCUT2D eigenvalue weighted by molar-refractivity contribution is 5.76. The van der Waals surface area contributed by atoms with Crippen LogP contribution in [0.3, 0.4) is 0 Å². The fourth-order valence-electron chi connectivity index (χ4n) is 3.68. The Labute approximate surface area is 129 Å². The van der Waals surface area contributed by atoms with E-state index in [0.29, 0.717) is 11.6 Å². The molecule has 22 heavy (non-hydrogen) atoms. The fourth-order valence-corrected chi connectivity index (χ4v) is 3.68. The van der Waals surface area contributed by atoms with Gasteiger partial charge >= 0.3 is 0 Å². The summed E-state index contributed by atoms with van der Waals surface area (Å²) in [4.78, 5) is 15.9. The van der Waals surface area contributed by atoms with E-state index in [-0.39, 0.29) is 0 Å². The summed E-state index contributed by atoms with van der Waals surface area (Å²) >= 11 is 0. The van der Waals surface area contributed by atoms with Gasteiger partial charge in [0, 0.05) is 6.20 Å². The van der Waals surface area contributed by atoms with Gasteiger partial charge in [0.05, 0.1) is 5.69 Å². The third-order valence-electron chi connectivity index (χ3n) is 4.79. The number of fused-ring (bicyclic) bond motifs is 2. The molecule has 1 aliphatic rings. The van der Waals surface area contributed by atoms with Crippen LogP contribution in [0.2, 0.25) is 0 Å². The molecule has 0 radical (unpaired) electrons. The minimum Gasteiger partial charge on any atom is -0.297 e. The quantitative estimate of drug-likeness (QED) is 0.689. The van der Waals surface area contributed by atoms with E-state index in [4.69, 9.17) is 0 Å². The zero-order valence-corrected chi connectivity index (χ0v) is 12.6. The van der Waals surface area contributed by atoms with Crippen LogP contribution in [0.15, 0.2) is 42.6 Å². The topological polar surface area (TPSA) is 34.4 Å². The van der Waals surface area contributed by atoms with Crippen molar-refractivity contribution in [2.45, 2.75) is 32.1 Å². The van der Waals surface area contributed by atoms with Gasteiger partial charge in [-0.1, -0.05) is 30.3 Å². The van der Waals surface area contributed by atoms with E-state index in [1.165, 1.54) is 23.1 Å². The zero-order valence-electron chi connectivity index (χ0n) is 12.6. The van der Waals surface area contributed by atoms with E-state index in [9.17, 15) is 4.79 Å². The van der Waals surface area contributed by atoms with Crippen LogP contribution in [0, 0.1) is 6.92 Å². The molecule has 3 heteroatoms. The highest BCUT2D eigenvalue weighted by atomic mass is 16.1. The van der Waals surface area contributed by atoms with Gasteiger partial charge in [-0.05, 0) is 54.9 Å². The maximum atomic E-state index is 11.3. The second kappa shape index (κ2) is 5.09. The minimum atomic E-state index is 0.555. The Balaban J connectivity index is 1.76. The first kappa shape index (κ1) is 13.3. The molecule has 3 nitrogen and oxygen atoms in total. The smallest absolute Gasteiger partial charge is 0.168 e. The average Bonchev–Trinajstić information content (AvgIpc) is 3.08. The Bertz CT molecular complexity index is 863. The van der Waals surface area contributed by atoms with Gasteiger partial charge in [-0.2, -0.15) is 0 Å². The van der Waals surface area contributed by atoms with Gasteiger partial charge in [-0.3, -0.25) is 9.20 Å². The van der Waals surface area contributed by atoms with Crippen molar-refractivity contribution in [3.63, 3.8) is 0 Å². The summed E-state index contributed by atoms with van der Waals surface area (Å²) in [6, 6.07) is 12.9. The molecule has 1 aromatic carbocycles. The first-order valence-electron chi connectivity index (χ1n) is 7.77. The number of pyridine rings is 1. The summed E-state index contributed by atoms with van der Waals surface area (Å²) in [7, 11) is 0. The standard InChI is InChI=1S/C19H18N2O/c1-13-18(12-22)21-10-4-6-16(19(21)20-13)11-15-9-8-14-5-2-3-7-17(14)15/h2-7,10,12,15H,8-9,11H2,1H3. The second-order valence-electron chi connectivity index (χ2n) is 6.07. The van der Waals surface area contributed by atoms with Crippen LogP contribution >= 0.6 is 0 Å². The van der Waals surface area contributed by atoms with Gasteiger partial charge in [0.2, 0.25) is 0 Å². The third kappa shape index (κ3) is 1.97. The number of benzene rings is 1. The number of nitrogens with zero attached hydrogens (tertiary/aromatic N) is 2. The van der Waals surface area contributed by atoms with E-state index in [2.05, 4.69) is 35.3 Å². The second-order valence-corrected chi connectivity index (χ2v) is 6.07. The first-order valence-corrected chi connectivity index (χ1v) is 7.77. The number of imidazole rings is 1. The Kier molecular flexibility index (Phi) is 3.07. The van der Waals surface area contributed by atoms with Crippen molar-refractivity contribution in [2.24, 2.45) is 0 Å². The van der Waals surface area contributed by atoms with Crippen LogP contribution < -0.4 is 0 Å². The maximum absolute atomic E-state index is 11.3. The van der Waals surface area contributed by atoms with E-state index >= 15 is 0 Å². The first-order chi connectivity index (χ1) is 10.8. The number of rotatable bonds is 3. The Morgan fingerprint density at radius 2 is 2.14 bits per heavy atom. The van der Waals surface area contributed by atoms with Crippen molar-refractivity contribution in [1.82, 2.24) is 9.38 Å². The van der Waals surface area contributed by atoms with Gasteiger partial charge < -0.3 is 0 Å². The molecule has 1 atom stereocenters. The lowest BCUT2D eigenvalue weighted by Gasteiger charge is -2.12. The molecule has 1 aliphatic carbocycles. The number of hydrogen-bond donors (Lipinski definition) is 0. The van der Waals surface area contributed by atoms with Crippen LogP contribution in [0.25, 0.3) is 5.65 Å². The summed E-state index contributed by atoms with van der Waals surface area (Å²) in [5.74, 6) is 0.555. The normalized spacial score (nSPS) is 16.9. The number of aryl methyl sites for hydroxylation is 2. The molecular weight excluding hydrogens is 272 g/mol. The van der Waals surface area contributed by atoms with Crippen molar-refractivity contribution in [1.29, 1.82) is 0 Å². The molecule has 2 aromatic heterocycles. The SMILES string of the molecule is Cc1nc2c(CC3CCc4ccccc43)cccn2c1C=O. The van der Waals surface area contributed by atoms with Crippen molar-refractivity contribution in [3.05, 3.63) is 70.7 Å². The highest BCUT2D eigenvalue weighted by Gasteiger charge is 2.23. The van der Waals surface area contributed by atoms with Crippen molar-refractivity contribution < 1.29 is 4.79 Å². The molecule has 0 bridgehead atoms. The third-order valence-corrected chi connectivity index (χ3v) is 4.79. The van der Waals surface area contributed by atoms with Gasteiger partial charge in [0.1, 0.15) is 11.3 Å². The molecule has 0 saturated heterocycles. The molecule has 0 fully saturated rings. The largest absolute Gasteiger partial charge is 0.297 e. The fraction of sp³-hybridized carbons (Fsp3) is 0.263. The van der Waals surface area contributed by atoms with Crippen LogP contribution in [0.5, 0.6) is 0 Å². The molecule has 1 unspecified atom stereocenters. The maximum Gasteiger partial charge on any atom is 0.168 e. The molecule has 110 valence electrons. The number of aldehydes is 1. The molecular formula is C19H18N2O. The molecule has 3 aromatic rings. The van der Waals surface area contributed by atoms with E-state index in [0.717, 1.165) is 30.5 Å². The predicted molar refractivity (Wildman–Crippen MR) is 86.5 cm³/mol. The van der Waals surface area contributed by atoms with Crippen molar-refractivity contribution in [3.8, 4) is 0 Å². The molecule has 0 saturated carbocycles. The predicted octanol–water partition coefficient (Wildman–Crippen LogP) is 3.73. The summed E-state index contributed by atoms with van der Waals surface area (Å²) in [5.41, 5.74) is 6.56. The number of hydrogen-bond acceptors (Lipinski definition) is 2. The van der Waals surface area contributed by atoms with Crippen LogP contribution in [-0.2, 0) is 12.8 Å². The highest BCUT2D eigenvalue weighted by Crippen LogP contribution is 2.36. The summed E-state index contributed by atoms with van der Waals surface area (Å²) in [6.45, 7) is 1.89. The Morgan fingerprint density at radius 1 is 1.27 bits per heavy atom. The molecule has 0 aliphatic heterocycles. The van der Waals surface area contributed by atoms with E-state index in [1.54, 1.807) is 0 Å². The van der Waals surface area contributed by atoms with E-state index < -0.39 is 0 Å². The van der Waals surface area contributed by atoms with Crippen molar-refractivity contribution in [2.75, 3.05) is 0 Å². The number of carbonyl (C=O) groups excluding carboxylic acids is 1. The molecule has 0 spiro atoms. The lowest BCUT2D eigenvalue weighted by atomic mass is 9.94. The summed E-state index contributed by atoms with van der Waals surface area (Å²) in [5, 5.41) is 0. The monoisotopic (exact) mass is 290 g/mol. The number of carbonyl (C=O) groups is 1. The zero-order chi connectivity index (χ0) is 15.1. The van der Waals surface area contributed by atoms with Gasteiger partial charge in [-0.25, -0.2) is 4.98 Å². The van der Waals surface area contributed by atoms with Crippen molar-refractivity contribution >= 4 is 11.9 Å². The lowest BCUT2D eigenvalue weighted by molar-refractivity contribution is 0.111. The van der Waals surface area contributed by atoms with Gasteiger partial charge in [0.25, 0.3) is 0 Å². The summed E-state index contributed by atoms with van der Waals surface area (Å²) < 4.78 is 1.92. The number of aromatic nitrogens is 2. The van der Waals surface area contributed by atoms with Crippen LogP contribution in [0.4, 0.5) is 0 Å².